The lowest BCUT2D eigenvalue weighted by atomic mass is 9.61. The van der Waals surface area contributed by atoms with Crippen molar-refractivity contribution in [3.63, 3.8) is 0 Å². The van der Waals surface area contributed by atoms with E-state index in [2.05, 4.69) is 11.9 Å². The zero-order valence-electron chi connectivity index (χ0n) is 9.28. The molecule has 4 heteroatoms. The Morgan fingerprint density at radius 2 is 2.27 bits per heavy atom. The average Bonchev–Trinajstić information content (AvgIpc) is 2.48. The molecule has 0 aromatic carbocycles. The molecule has 3 N–H and O–H groups in total. The van der Waals surface area contributed by atoms with Crippen molar-refractivity contribution in [2.75, 3.05) is 20.1 Å². The van der Waals surface area contributed by atoms with Crippen LogP contribution in [0, 0.1) is 11.3 Å². The second-order valence-corrected chi connectivity index (χ2v) is 5.15. The molecule has 1 saturated carbocycles. The van der Waals surface area contributed by atoms with Crippen molar-refractivity contribution < 1.29 is 9.90 Å². The Hall–Kier alpha value is -0.610. The van der Waals surface area contributed by atoms with Gasteiger partial charge in [0.25, 0.3) is 0 Å². The standard InChI is InChI=1S/C11H20N2O2/c1-13-6-3-8(7-13)9(12)11(10(14)15)4-2-5-11/h8-9H,2-7,12H2,1H3,(H,14,15). The van der Waals surface area contributed by atoms with Gasteiger partial charge in [-0.15, -0.1) is 0 Å². The monoisotopic (exact) mass is 212 g/mol. The summed E-state index contributed by atoms with van der Waals surface area (Å²) >= 11 is 0. The molecule has 0 aromatic heterocycles. The number of likely N-dealkylation sites (tertiary alicyclic amines) is 1. The van der Waals surface area contributed by atoms with Crippen LogP contribution in [-0.2, 0) is 4.79 Å². The van der Waals surface area contributed by atoms with Crippen LogP contribution in [-0.4, -0.2) is 42.2 Å². The summed E-state index contributed by atoms with van der Waals surface area (Å²) in [6, 6.07) is -0.159. The fraction of sp³-hybridized carbons (Fsp3) is 0.909. The lowest BCUT2D eigenvalue weighted by molar-refractivity contribution is -0.157. The number of nitrogens with two attached hydrogens (primary N) is 1. The maximum Gasteiger partial charge on any atom is 0.311 e. The molecule has 0 amide bonds. The van der Waals surface area contributed by atoms with Crippen LogP contribution in [0.4, 0.5) is 0 Å². The summed E-state index contributed by atoms with van der Waals surface area (Å²) in [6.45, 7) is 2.00. The SMILES string of the molecule is CN1CCC(C(N)C2(C(=O)O)CCC2)C1. The average molecular weight is 212 g/mol. The minimum absolute atomic E-state index is 0.159. The predicted molar refractivity (Wildman–Crippen MR) is 57.5 cm³/mol. The van der Waals surface area contributed by atoms with E-state index >= 15 is 0 Å². The number of carboxylic acid groups (broad SMARTS) is 1. The number of aliphatic carboxylic acids is 1. The van der Waals surface area contributed by atoms with Crippen LogP contribution in [0.25, 0.3) is 0 Å². The Bertz CT molecular complexity index is 263. The van der Waals surface area contributed by atoms with Gasteiger partial charge in [-0.3, -0.25) is 4.79 Å². The summed E-state index contributed by atoms with van der Waals surface area (Å²) < 4.78 is 0. The van der Waals surface area contributed by atoms with Crippen molar-refractivity contribution in [1.29, 1.82) is 0 Å². The smallest absolute Gasteiger partial charge is 0.311 e. The van der Waals surface area contributed by atoms with Crippen LogP contribution < -0.4 is 5.73 Å². The van der Waals surface area contributed by atoms with E-state index in [1.807, 2.05) is 0 Å². The van der Waals surface area contributed by atoms with Crippen LogP contribution in [0.15, 0.2) is 0 Å². The minimum Gasteiger partial charge on any atom is -0.481 e. The Labute approximate surface area is 90.4 Å². The molecule has 86 valence electrons. The topological polar surface area (TPSA) is 66.6 Å². The lowest BCUT2D eigenvalue weighted by Gasteiger charge is -2.44. The predicted octanol–water partition coefficient (Wildman–Crippen LogP) is 0.520. The first-order chi connectivity index (χ1) is 7.06. The molecule has 0 aromatic rings. The van der Waals surface area contributed by atoms with Gasteiger partial charge in [0, 0.05) is 12.6 Å². The number of rotatable bonds is 3. The molecule has 1 aliphatic heterocycles. The number of nitrogens with zero attached hydrogens (tertiary/aromatic N) is 1. The summed E-state index contributed by atoms with van der Waals surface area (Å²) in [4.78, 5) is 13.5. The van der Waals surface area contributed by atoms with Crippen molar-refractivity contribution in [3.05, 3.63) is 0 Å². The van der Waals surface area contributed by atoms with Gasteiger partial charge in [-0.25, -0.2) is 0 Å². The molecule has 2 rings (SSSR count). The largest absolute Gasteiger partial charge is 0.481 e. The van der Waals surface area contributed by atoms with Gasteiger partial charge in [0.1, 0.15) is 0 Å². The molecule has 2 aliphatic rings. The van der Waals surface area contributed by atoms with Crippen molar-refractivity contribution in [3.8, 4) is 0 Å². The Morgan fingerprint density at radius 1 is 1.60 bits per heavy atom. The van der Waals surface area contributed by atoms with Gasteiger partial charge in [0.05, 0.1) is 5.41 Å². The molecule has 0 radical (unpaired) electrons. The zero-order chi connectivity index (χ0) is 11.1. The van der Waals surface area contributed by atoms with E-state index in [0.29, 0.717) is 5.92 Å². The zero-order valence-corrected chi connectivity index (χ0v) is 9.28. The van der Waals surface area contributed by atoms with E-state index < -0.39 is 11.4 Å². The van der Waals surface area contributed by atoms with E-state index in [9.17, 15) is 9.90 Å². The van der Waals surface area contributed by atoms with E-state index in [1.54, 1.807) is 0 Å². The molecule has 0 bridgehead atoms. The highest BCUT2D eigenvalue weighted by Gasteiger charge is 2.52. The van der Waals surface area contributed by atoms with Crippen LogP contribution in [0.3, 0.4) is 0 Å². The van der Waals surface area contributed by atoms with Gasteiger partial charge in [0.15, 0.2) is 0 Å². The maximum atomic E-state index is 11.3. The van der Waals surface area contributed by atoms with Crippen molar-refractivity contribution in [2.24, 2.45) is 17.1 Å². The molecule has 4 nitrogen and oxygen atoms in total. The van der Waals surface area contributed by atoms with Crippen molar-refractivity contribution in [1.82, 2.24) is 4.90 Å². The Kier molecular flexibility index (Phi) is 2.73. The molecular formula is C11H20N2O2. The quantitative estimate of drug-likeness (QED) is 0.715. The molecule has 1 heterocycles. The lowest BCUT2D eigenvalue weighted by Crippen LogP contribution is -2.55. The van der Waals surface area contributed by atoms with E-state index in [4.69, 9.17) is 5.73 Å². The normalized spacial score (nSPS) is 32.3. The van der Waals surface area contributed by atoms with Gasteiger partial charge in [0.2, 0.25) is 0 Å². The number of carboxylic acids is 1. The van der Waals surface area contributed by atoms with E-state index in [-0.39, 0.29) is 6.04 Å². The number of hydrogen-bond donors (Lipinski definition) is 2. The second-order valence-electron chi connectivity index (χ2n) is 5.15. The van der Waals surface area contributed by atoms with Crippen LogP contribution in [0.5, 0.6) is 0 Å². The van der Waals surface area contributed by atoms with E-state index in [1.165, 1.54) is 0 Å². The number of hydrogen-bond acceptors (Lipinski definition) is 3. The molecule has 2 unspecified atom stereocenters. The molecule has 15 heavy (non-hydrogen) atoms. The molecule has 1 aliphatic carbocycles. The molecule has 1 saturated heterocycles. The van der Waals surface area contributed by atoms with Gasteiger partial charge in [-0.05, 0) is 38.8 Å². The van der Waals surface area contributed by atoms with Gasteiger partial charge >= 0.3 is 5.97 Å². The van der Waals surface area contributed by atoms with Crippen LogP contribution in [0.2, 0.25) is 0 Å². The third kappa shape index (κ3) is 1.66. The third-order valence-electron chi connectivity index (χ3n) is 4.25. The fourth-order valence-corrected chi connectivity index (χ4v) is 2.96. The first kappa shape index (κ1) is 10.9. The molecular weight excluding hydrogens is 192 g/mol. The maximum absolute atomic E-state index is 11.3. The summed E-state index contributed by atoms with van der Waals surface area (Å²) in [5, 5.41) is 9.29. The summed E-state index contributed by atoms with van der Waals surface area (Å²) in [6.07, 6.45) is 3.60. The van der Waals surface area contributed by atoms with Gasteiger partial charge < -0.3 is 15.7 Å². The molecule has 2 fully saturated rings. The molecule has 2 atom stereocenters. The second kappa shape index (κ2) is 3.76. The van der Waals surface area contributed by atoms with E-state index in [0.717, 1.165) is 38.8 Å². The highest BCUT2D eigenvalue weighted by Crippen LogP contribution is 2.46. The van der Waals surface area contributed by atoms with Crippen molar-refractivity contribution in [2.45, 2.75) is 31.7 Å². The Morgan fingerprint density at radius 3 is 2.60 bits per heavy atom. The van der Waals surface area contributed by atoms with Crippen molar-refractivity contribution >= 4 is 5.97 Å². The summed E-state index contributed by atoms with van der Waals surface area (Å²) in [7, 11) is 2.07. The highest BCUT2D eigenvalue weighted by molar-refractivity contribution is 5.76. The van der Waals surface area contributed by atoms with Crippen LogP contribution in [0.1, 0.15) is 25.7 Å². The first-order valence-corrected chi connectivity index (χ1v) is 5.74. The van der Waals surface area contributed by atoms with Crippen LogP contribution >= 0.6 is 0 Å². The Balaban J connectivity index is 2.05. The highest BCUT2D eigenvalue weighted by atomic mass is 16.4. The minimum atomic E-state index is -0.684. The summed E-state index contributed by atoms with van der Waals surface area (Å²) in [5.41, 5.74) is 5.57. The molecule has 0 spiro atoms. The van der Waals surface area contributed by atoms with Gasteiger partial charge in [-0.1, -0.05) is 6.42 Å². The fourth-order valence-electron chi connectivity index (χ4n) is 2.96. The van der Waals surface area contributed by atoms with Gasteiger partial charge in [-0.2, -0.15) is 0 Å². The third-order valence-corrected chi connectivity index (χ3v) is 4.25. The number of carbonyl (C=O) groups is 1. The summed E-state index contributed by atoms with van der Waals surface area (Å²) in [5.74, 6) is -0.317. The first-order valence-electron chi connectivity index (χ1n) is 5.74.